The Bertz CT molecular complexity index is 1370. The Morgan fingerprint density at radius 3 is 2.47 bits per heavy atom. The number of aryl methyl sites for hydroxylation is 3. The minimum absolute atomic E-state index is 0.236. The number of anilines is 1. The van der Waals surface area contributed by atoms with Crippen LogP contribution in [0.1, 0.15) is 58.8 Å². The highest BCUT2D eigenvalue weighted by Gasteiger charge is 2.14. The second-order valence-electron chi connectivity index (χ2n) is 8.87. The Labute approximate surface area is 205 Å². The molecule has 174 valence electrons. The number of fused-ring (bicyclic) bond motifs is 1. The van der Waals surface area contributed by atoms with Crippen LogP contribution in [0.4, 0.5) is 5.69 Å². The van der Waals surface area contributed by atoms with Crippen LogP contribution < -0.4 is 10.6 Å². The van der Waals surface area contributed by atoms with Gasteiger partial charge in [0.1, 0.15) is 5.52 Å². The van der Waals surface area contributed by atoms with Crippen LogP contribution in [0.25, 0.3) is 22.6 Å². The van der Waals surface area contributed by atoms with Crippen molar-refractivity contribution in [3.05, 3.63) is 82.4 Å². The molecule has 0 bridgehead atoms. The highest BCUT2D eigenvalue weighted by atomic mass is 32.1. The fourth-order valence-electron chi connectivity index (χ4n) is 3.93. The van der Waals surface area contributed by atoms with Gasteiger partial charge in [-0.1, -0.05) is 43.2 Å². The summed E-state index contributed by atoms with van der Waals surface area (Å²) in [6, 6.07) is 17.8. The maximum atomic E-state index is 12.7. The average Bonchev–Trinajstić information content (AvgIpc) is 3.22. The first-order chi connectivity index (χ1) is 16.2. The van der Waals surface area contributed by atoms with Crippen molar-refractivity contribution in [2.45, 2.75) is 47.0 Å². The molecule has 6 heteroatoms. The van der Waals surface area contributed by atoms with E-state index in [9.17, 15) is 4.79 Å². The molecule has 3 aromatic carbocycles. The molecule has 0 fully saturated rings. The van der Waals surface area contributed by atoms with Crippen LogP contribution in [0.2, 0.25) is 0 Å². The number of carbonyl (C=O) groups excluding carboxylic acids is 1. The SMILES string of the molecule is CC[C@@H](C)c1ccc2oc(-c3ccc(C)c(NC(=S)NC(=O)c4cc(C)cc(C)c4)c3)nc2c1. The number of rotatable bonds is 5. The molecule has 5 nitrogen and oxygen atoms in total. The number of amides is 1. The molecule has 0 spiro atoms. The van der Waals surface area contributed by atoms with Gasteiger partial charge in [-0.25, -0.2) is 4.98 Å². The Morgan fingerprint density at radius 2 is 1.76 bits per heavy atom. The Morgan fingerprint density at radius 1 is 1.03 bits per heavy atom. The van der Waals surface area contributed by atoms with E-state index in [-0.39, 0.29) is 11.0 Å². The predicted octanol–water partition coefficient (Wildman–Crippen LogP) is 7.06. The van der Waals surface area contributed by atoms with Gasteiger partial charge >= 0.3 is 0 Å². The van der Waals surface area contributed by atoms with Gasteiger partial charge < -0.3 is 9.73 Å². The molecule has 0 unspecified atom stereocenters. The van der Waals surface area contributed by atoms with Crippen molar-refractivity contribution < 1.29 is 9.21 Å². The molecule has 1 aromatic heterocycles. The highest BCUT2D eigenvalue weighted by Crippen LogP contribution is 2.30. The molecular weight excluding hydrogens is 442 g/mol. The van der Waals surface area contributed by atoms with Crippen molar-refractivity contribution in [3.8, 4) is 11.5 Å². The lowest BCUT2D eigenvalue weighted by molar-refractivity contribution is 0.0977. The lowest BCUT2D eigenvalue weighted by Gasteiger charge is -2.13. The van der Waals surface area contributed by atoms with Crippen molar-refractivity contribution >= 4 is 40.0 Å². The van der Waals surface area contributed by atoms with Gasteiger partial charge in [0.2, 0.25) is 5.89 Å². The normalized spacial score (nSPS) is 11.9. The number of hydrogen-bond donors (Lipinski definition) is 2. The zero-order chi connectivity index (χ0) is 24.4. The molecule has 0 aliphatic carbocycles. The van der Waals surface area contributed by atoms with Crippen molar-refractivity contribution in [1.29, 1.82) is 0 Å². The summed E-state index contributed by atoms with van der Waals surface area (Å²) in [6.07, 6.45) is 1.07. The number of oxazole rings is 1. The zero-order valence-electron chi connectivity index (χ0n) is 20.2. The van der Waals surface area contributed by atoms with E-state index in [0.717, 1.165) is 45.5 Å². The van der Waals surface area contributed by atoms with E-state index in [2.05, 4.69) is 36.6 Å². The van der Waals surface area contributed by atoms with Crippen LogP contribution >= 0.6 is 12.2 Å². The van der Waals surface area contributed by atoms with Crippen molar-refractivity contribution in [3.63, 3.8) is 0 Å². The minimum Gasteiger partial charge on any atom is -0.436 e. The fourth-order valence-corrected chi connectivity index (χ4v) is 4.14. The summed E-state index contributed by atoms with van der Waals surface area (Å²) in [5.41, 5.74) is 8.10. The Balaban J connectivity index is 1.54. The van der Waals surface area contributed by atoms with Crippen molar-refractivity contribution in [2.75, 3.05) is 5.32 Å². The van der Waals surface area contributed by atoms with Gasteiger partial charge in [0, 0.05) is 16.8 Å². The van der Waals surface area contributed by atoms with Gasteiger partial charge in [0.05, 0.1) is 0 Å². The second kappa shape index (κ2) is 9.77. The fraction of sp³-hybridized carbons (Fsp3) is 0.250. The van der Waals surface area contributed by atoms with Gasteiger partial charge in [-0.05, 0) is 92.9 Å². The van der Waals surface area contributed by atoms with Crippen molar-refractivity contribution in [2.24, 2.45) is 0 Å². The number of hydrogen-bond acceptors (Lipinski definition) is 4. The predicted molar refractivity (Wildman–Crippen MR) is 142 cm³/mol. The second-order valence-corrected chi connectivity index (χ2v) is 9.28. The number of aromatic nitrogens is 1. The third-order valence-corrected chi connectivity index (χ3v) is 6.24. The molecule has 1 heterocycles. The molecule has 0 saturated carbocycles. The summed E-state index contributed by atoms with van der Waals surface area (Å²) < 4.78 is 6.03. The third-order valence-electron chi connectivity index (χ3n) is 6.04. The molecule has 0 radical (unpaired) electrons. The van der Waals surface area contributed by atoms with E-state index in [1.165, 1.54) is 5.56 Å². The molecule has 0 aliphatic heterocycles. The lowest BCUT2D eigenvalue weighted by Crippen LogP contribution is -2.34. The van der Waals surface area contributed by atoms with Gasteiger partial charge in [-0.2, -0.15) is 0 Å². The summed E-state index contributed by atoms with van der Waals surface area (Å²) >= 11 is 5.42. The number of carbonyl (C=O) groups is 1. The smallest absolute Gasteiger partial charge is 0.257 e. The monoisotopic (exact) mass is 471 g/mol. The zero-order valence-corrected chi connectivity index (χ0v) is 21.0. The largest absolute Gasteiger partial charge is 0.436 e. The molecule has 2 N–H and O–H groups in total. The minimum atomic E-state index is -0.242. The van der Waals surface area contributed by atoms with Gasteiger partial charge in [0.25, 0.3) is 5.91 Å². The first kappa shape index (κ1) is 23.6. The van der Waals surface area contributed by atoms with E-state index in [0.29, 0.717) is 17.4 Å². The van der Waals surface area contributed by atoms with Crippen LogP contribution in [0, 0.1) is 20.8 Å². The number of nitrogens with one attached hydrogen (secondary N) is 2. The molecule has 0 aliphatic rings. The van der Waals surface area contributed by atoms with Crippen molar-refractivity contribution in [1.82, 2.24) is 10.3 Å². The molecule has 34 heavy (non-hydrogen) atoms. The van der Waals surface area contributed by atoms with E-state index in [1.807, 2.05) is 63.2 Å². The first-order valence-corrected chi connectivity index (χ1v) is 11.9. The molecule has 4 rings (SSSR count). The quantitative estimate of drug-likeness (QED) is 0.305. The molecule has 4 aromatic rings. The highest BCUT2D eigenvalue weighted by molar-refractivity contribution is 7.80. The summed E-state index contributed by atoms with van der Waals surface area (Å²) in [5, 5.41) is 6.15. The van der Waals surface area contributed by atoms with Gasteiger partial charge in [-0.15, -0.1) is 0 Å². The Hall–Kier alpha value is -3.51. The standard InChI is InChI=1S/C28H29N3O2S/c1-6-18(4)20-9-10-25-24(14-20)29-27(33-25)21-8-7-19(5)23(15-21)30-28(34)31-26(32)22-12-16(2)11-17(3)13-22/h7-15,18H,6H2,1-5H3,(H2,30,31,32,34)/t18-/m1/s1. The van der Waals surface area contributed by atoms with E-state index in [1.54, 1.807) is 0 Å². The maximum Gasteiger partial charge on any atom is 0.257 e. The van der Waals surface area contributed by atoms with Crippen LogP contribution in [0.15, 0.2) is 59.0 Å². The molecule has 0 saturated heterocycles. The number of thiocarbonyl (C=S) groups is 1. The maximum absolute atomic E-state index is 12.7. The van der Waals surface area contributed by atoms with Crippen LogP contribution in [-0.4, -0.2) is 16.0 Å². The van der Waals surface area contributed by atoms with E-state index < -0.39 is 0 Å². The van der Waals surface area contributed by atoms with Gasteiger partial charge in [0.15, 0.2) is 10.7 Å². The number of benzene rings is 3. The topological polar surface area (TPSA) is 67.2 Å². The Kier molecular flexibility index (Phi) is 6.80. The number of nitrogens with zero attached hydrogens (tertiary/aromatic N) is 1. The van der Waals surface area contributed by atoms with Gasteiger partial charge in [-0.3, -0.25) is 10.1 Å². The van der Waals surface area contributed by atoms with E-state index in [4.69, 9.17) is 21.6 Å². The molecular formula is C28H29N3O2S. The molecule has 1 amide bonds. The van der Waals surface area contributed by atoms with Crippen LogP contribution in [0.3, 0.4) is 0 Å². The lowest BCUT2D eigenvalue weighted by atomic mass is 9.98. The summed E-state index contributed by atoms with van der Waals surface area (Å²) in [4.78, 5) is 17.4. The van der Waals surface area contributed by atoms with Crippen LogP contribution in [-0.2, 0) is 0 Å². The first-order valence-electron chi connectivity index (χ1n) is 11.5. The van der Waals surface area contributed by atoms with Crippen LogP contribution in [0.5, 0.6) is 0 Å². The molecule has 1 atom stereocenters. The average molecular weight is 472 g/mol. The third kappa shape index (κ3) is 5.18. The van der Waals surface area contributed by atoms with E-state index >= 15 is 0 Å². The summed E-state index contributed by atoms with van der Waals surface area (Å²) in [6.45, 7) is 10.3. The summed E-state index contributed by atoms with van der Waals surface area (Å²) in [7, 11) is 0. The summed E-state index contributed by atoms with van der Waals surface area (Å²) in [5.74, 6) is 0.776.